The van der Waals surface area contributed by atoms with E-state index >= 15 is 0 Å². The summed E-state index contributed by atoms with van der Waals surface area (Å²) < 4.78 is 0.996. The van der Waals surface area contributed by atoms with Gasteiger partial charge in [0.2, 0.25) is 5.91 Å². The molecule has 1 amide bonds. The molecule has 1 aliphatic rings. The molecule has 3 rings (SSSR count). The lowest BCUT2D eigenvalue weighted by Crippen LogP contribution is -2.24. The number of hydrogen-bond acceptors (Lipinski definition) is 3. The van der Waals surface area contributed by atoms with E-state index < -0.39 is 0 Å². The number of amides is 1. The molecule has 0 saturated carbocycles. The Morgan fingerprint density at radius 1 is 1.23 bits per heavy atom. The first kappa shape index (κ1) is 14.8. The van der Waals surface area contributed by atoms with Crippen LogP contribution in [0.25, 0.3) is 0 Å². The molecule has 5 heteroatoms. The van der Waals surface area contributed by atoms with Crippen molar-refractivity contribution < 1.29 is 9.90 Å². The number of halogens is 1. The lowest BCUT2D eigenvalue weighted by molar-refractivity contribution is -0.130. The molecule has 0 aliphatic carbocycles. The minimum Gasteiger partial charge on any atom is -0.508 e. The van der Waals surface area contributed by atoms with E-state index in [1.54, 1.807) is 12.1 Å². The summed E-state index contributed by atoms with van der Waals surface area (Å²) in [5, 5.41) is 16.0. The molecule has 2 aromatic carbocycles. The summed E-state index contributed by atoms with van der Waals surface area (Å²) in [5.41, 5.74) is 2.54. The molecule has 0 aromatic heterocycles. The van der Waals surface area contributed by atoms with Crippen LogP contribution in [0.3, 0.4) is 0 Å². The lowest BCUT2D eigenvalue weighted by atomic mass is 9.98. The molecule has 0 fully saturated rings. The average Bonchev–Trinajstić information content (AvgIpc) is 2.93. The Hall–Kier alpha value is -2.14. The summed E-state index contributed by atoms with van der Waals surface area (Å²) in [6.45, 7) is 1.49. The van der Waals surface area contributed by atoms with Gasteiger partial charge >= 0.3 is 0 Å². The van der Waals surface area contributed by atoms with Crippen molar-refractivity contribution in [1.29, 1.82) is 0 Å². The van der Waals surface area contributed by atoms with Crippen molar-refractivity contribution in [3.8, 4) is 5.75 Å². The predicted octanol–water partition coefficient (Wildman–Crippen LogP) is 3.85. The highest BCUT2D eigenvalue weighted by Gasteiger charge is 2.32. The van der Waals surface area contributed by atoms with Crippen LogP contribution in [-0.2, 0) is 4.79 Å². The van der Waals surface area contributed by atoms with Gasteiger partial charge in [-0.1, -0.05) is 46.3 Å². The number of phenols is 1. The standard InChI is InChI=1S/C17H15BrN2O2/c1-11(21)20-16(14-4-2-3-5-17(14)22)10-15(19-20)12-6-8-13(18)9-7-12/h2-9,16,22H,10H2,1H3/t16-/m1/s1. The summed E-state index contributed by atoms with van der Waals surface area (Å²) >= 11 is 3.41. The maximum Gasteiger partial charge on any atom is 0.240 e. The van der Waals surface area contributed by atoms with Crippen LogP contribution in [0.4, 0.5) is 0 Å². The van der Waals surface area contributed by atoms with Gasteiger partial charge in [-0.2, -0.15) is 5.10 Å². The molecule has 0 bridgehead atoms. The smallest absolute Gasteiger partial charge is 0.240 e. The van der Waals surface area contributed by atoms with Gasteiger partial charge in [0.25, 0.3) is 0 Å². The van der Waals surface area contributed by atoms with Gasteiger partial charge in [-0.15, -0.1) is 0 Å². The van der Waals surface area contributed by atoms with Gasteiger partial charge in [0.1, 0.15) is 5.75 Å². The maximum absolute atomic E-state index is 11.9. The Balaban J connectivity index is 1.96. The van der Waals surface area contributed by atoms with E-state index in [0.717, 1.165) is 15.7 Å². The molecule has 4 nitrogen and oxygen atoms in total. The number of carbonyl (C=O) groups excluding carboxylic acids is 1. The summed E-state index contributed by atoms with van der Waals surface area (Å²) in [4.78, 5) is 11.9. The first-order valence-electron chi connectivity index (χ1n) is 6.97. The summed E-state index contributed by atoms with van der Waals surface area (Å²) in [7, 11) is 0. The number of nitrogens with zero attached hydrogens (tertiary/aromatic N) is 2. The molecule has 112 valence electrons. The van der Waals surface area contributed by atoms with Crippen molar-refractivity contribution in [2.45, 2.75) is 19.4 Å². The van der Waals surface area contributed by atoms with E-state index in [-0.39, 0.29) is 17.7 Å². The van der Waals surface area contributed by atoms with Crippen LogP contribution in [0.2, 0.25) is 0 Å². The first-order valence-corrected chi connectivity index (χ1v) is 7.76. The fourth-order valence-electron chi connectivity index (χ4n) is 2.63. The molecule has 1 N–H and O–H groups in total. The molecular formula is C17H15BrN2O2. The Bertz CT molecular complexity index is 741. The number of aromatic hydroxyl groups is 1. The van der Waals surface area contributed by atoms with E-state index in [1.807, 2.05) is 36.4 Å². The highest BCUT2D eigenvalue weighted by atomic mass is 79.9. The third kappa shape index (κ3) is 2.76. The molecule has 1 heterocycles. The van der Waals surface area contributed by atoms with E-state index in [2.05, 4.69) is 21.0 Å². The van der Waals surface area contributed by atoms with Crippen LogP contribution in [-0.4, -0.2) is 21.7 Å². The van der Waals surface area contributed by atoms with Crippen LogP contribution in [0.5, 0.6) is 5.75 Å². The third-order valence-corrected chi connectivity index (χ3v) is 4.23. The minimum atomic E-state index is -0.266. The molecule has 0 radical (unpaired) electrons. The minimum absolute atomic E-state index is 0.139. The Morgan fingerprint density at radius 2 is 1.91 bits per heavy atom. The van der Waals surface area contributed by atoms with Gasteiger partial charge in [0.05, 0.1) is 11.8 Å². The highest BCUT2D eigenvalue weighted by Crippen LogP contribution is 2.36. The quantitative estimate of drug-likeness (QED) is 0.886. The maximum atomic E-state index is 11.9. The number of hydrazone groups is 1. The fraction of sp³-hybridized carbons (Fsp3) is 0.176. The third-order valence-electron chi connectivity index (χ3n) is 3.71. The SMILES string of the molecule is CC(=O)N1N=C(c2ccc(Br)cc2)C[C@@H]1c1ccccc1O. The van der Waals surface area contributed by atoms with Gasteiger partial charge < -0.3 is 5.11 Å². The second-order valence-corrected chi connectivity index (χ2v) is 6.11. The van der Waals surface area contributed by atoms with Crippen molar-refractivity contribution in [3.05, 3.63) is 64.1 Å². The van der Waals surface area contributed by atoms with Gasteiger partial charge in [-0.05, 0) is 23.8 Å². The van der Waals surface area contributed by atoms with Crippen LogP contribution in [0, 0.1) is 0 Å². The monoisotopic (exact) mass is 358 g/mol. The highest BCUT2D eigenvalue weighted by molar-refractivity contribution is 9.10. The van der Waals surface area contributed by atoms with Crippen molar-refractivity contribution >= 4 is 27.5 Å². The lowest BCUT2D eigenvalue weighted by Gasteiger charge is -2.21. The van der Waals surface area contributed by atoms with E-state index in [4.69, 9.17) is 0 Å². The molecule has 22 heavy (non-hydrogen) atoms. The second-order valence-electron chi connectivity index (χ2n) is 5.20. The van der Waals surface area contributed by atoms with Crippen molar-refractivity contribution in [1.82, 2.24) is 5.01 Å². The number of carbonyl (C=O) groups is 1. The van der Waals surface area contributed by atoms with Crippen LogP contribution < -0.4 is 0 Å². The van der Waals surface area contributed by atoms with E-state index in [9.17, 15) is 9.90 Å². The zero-order valence-electron chi connectivity index (χ0n) is 12.0. The van der Waals surface area contributed by atoms with E-state index in [1.165, 1.54) is 11.9 Å². The summed E-state index contributed by atoms with van der Waals surface area (Å²) in [6, 6.07) is 14.6. The van der Waals surface area contributed by atoms with Crippen molar-refractivity contribution in [2.24, 2.45) is 5.10 Å². The topological polar surface area (TPSA) is 52.9 Å². The molecule has 0 unspecified atom stereocenters. The zero-order chi connectivity index (χ0) is 15.7. The molecule has 2 aromatic rings. The average molecular weight is 359 g/mol. The zero-order valence-corrected chi connectivity index (χ0v) is 13.6. The van der Waals surface area contributed by atoms with Gasteiger partial charge in [0.15, 0.2) is 0 Å². The summed E-state index contributed by atoms with van der Waals surface area (Å²) in [5.74, 6) is 0.0476. The van der Waals surface area contributed by atoms with E-state index in [0.29, 0.717) is 12.0 Å². The summed E-state index contributed by atoms with van der Waals surface area (Å²) in [6.07, 6.45) is 0.582. The first-order chi connectivity index (χ1) is 10.6. The Kier molecular flexibility index (Phi) is 3.98. The van der Waals surface area contributed by atoms with Gasteiger partial charge in [-0.25, -0.2) is 5.01 Å². The number of hydrogen-bond donors (Lipinski definition) is 1. The molecular weight excluding hydrogens is 344 g/mol. The molecule has 1 atom stereocenters. The molecule has 0 spiro atoms. The number of phenolic OH excluding ortho intramolecular Hbond substituents is 1. The van der Waals surface area contributed by atoms with Gasteiger partial charge in [0, 0.05) is 23.4 Å². The Labute approximate surface area is 137 Å². The number of para-hydroxylation sites is 1. The number of benzene rings is 2. The normalized spacial score (nSPS) is 17.5. The van der Waals surface area contributed by atoms with Crippen LogP contribution >= 0.6 is 15.9 Å². The largest absolute Gasteiger partial charge is 0.508 e. The fourth-order valence-corrected chi connectivity index (χ4v) is 2.89. The molecule has 1 aliphatic heterocycles. The molecule has 0 saturated heterocycles. The van der Waals surface area contributed by atoms with Crippen molar-refractivity contribution in [3.63, 3.8) is 0 Å². The predicted molar refractivity (Wildman–Crippen MR) is 88.7 cm³/mol. The second kappa shape index (κ2) is 5.93. The van der Waals surface area contributed by atoms with Crippen LogP contribution in [0.15, 0.2) is 58.1 Å². The van der Waals surface area contributed by atoms with Gasteiger partial charge in [-0.3, -0.25) is 4.79 Å². The van der Waals surface area contributed by atoms with Crippen LogP contribution in [0.1, 0.15) is 30.5 Å². The Morgan fingerprint density at radius 3 is 2.55 bits per heavy atom. The van der Waals surface area contributed by atoms with Crippen molar-refractivity contribution in [2.75, 3.05) is 0 Å². The number of rotatable bonds is 2.